The summed E-state index contributed by atoms with van der Waals surface area (Å²) in [6.07, 6.45) is 12.2. The fourth-order valence-electron chi connectivity index (χ4n) is 5.29. The van der Waals surface area contributed by atoms with Gasteiger partial charge in [-0.15, -0.1) is 0 Å². The number of amides is 1. The Bertz CT molecular complexity index is 719. The summed E-state index contributed by atoms with van der Waals surface area (Å²) in [7, 11) is 0. The van der Waals surface area contributed by atoms with Crippen molar-refractivity contribution in [3.8, 4) is 0 Å². The van der Waals surface area contributed by atoms with Gasteiger partial charge in [0, 0.05) is 63.0 Å². The fourth-order valence-corrected chi connectivity index (χ4v) is 5.29. The minimum Gasteiger partial charge on any atom is -0.370 e. The topological polar surface area (TPSA) is 67.4 Å². The Kier molecular flexibility index (Phi) is 5.78. The van der Waals surface area contributed by atoms with E-state index in [0.717, 1.165) is 44.7 Å². The summed E-state index contributed by atoms with van der Waals surface area (Å²) >= 11 is 0. The van der Waals surface area contributed by atoms with Gasteiger partial charge in [-0.1, -0.05) is 11.6 Å². The average Bonchev–Trinajstić information content (AvgIpc) is 3.33. The van der Waals surface area contributed by atoms with Crippen LogP contribution in [0.25, 0.3) is 0 Å². The second-order valence-electron chi connectivity index (χ2n) is 8.84. The lowest BCUT2D eigenvalue weighted by molar-refractivity contribution is -0.121. The van der Waals surface area contributed by atoms with Crippen LogP contribution in [0.2, 0.25) is 0 Å². The summed E-state index contributed by atoms with van der Waals surface area (Å²) in [5.41, 5.74) is 2.30. The number of hydrogen-bond donors (Lipinski definition) is 1. The molecule has 4 atom stereocenters. The maximum absolute atomic E-state index is 12.3. The van der Waals surface area contributed by atoms with E-state index in [2.05, 4.69) is 40.1 Å². The normalized spacial score (nSPS) is 31.0. The highest BCUT2D eigenvalue weighted by atomic mass is 16.5. The standard InChI is InChI=1S/C22H32N4O2/c1-16(2)4-3-11-26-14-19-18(20-7-8-22(19,15-26)28-20)13-25-21(27)6-5-17-12-23-9-10-24-17/h4,9-10,12,18-20H,3,5-8,11,13-15H2,1-2H3,(H,25,27)/t18-,19+,20+,22+/m0/s1. The molecule has 6 heteroatoms. The lowest BCUT2D eigenvalue weighted by Gasteiger charge is -2.29. The molecule has 1 N–H and O–H groups in total. The molecule has 6 nitrogen and oxygen atoms in total. The number of nitrogens with zero attached hydrogens (tertiary/aromatic N) is 3. The molecule has 3 aliphatic heterocycles. The molecular formula is C22H32N4O2. The van der Waals surface area contributed by atoms with E-state index in [0.29, 0.717) is 30.8 Å². The largest absolute Gasteiger partial charge is 0.370 e. The highest BCUT2D eigenvalue weighted by Crippen LogP contribution is 2.54. The Hall–Kier alpha value is -1.79. The molecule has 0 unspecified atom stereocenters. The molecule has 1 amide bonds. The zero-order valence-corrected chi connectivity index (χ0v) is 17.1. The van der Waals surface area contributed by atoms with Gasteiger partial charge in [-0.2, -0.15) is 0 Å². The number of nitrogens with one attached hydrogen (secondary N) is 1. The van der Waals surface area contributed by atoms with Gasteiger partial charge in [-0.3, -0.25) is 19.7 Å². The zero-order chi connectivity index (χ0) is 19.6. The molecule has 28 heavy (non-hydrogen) atoms. The van der Waals surface area contributed by atoms with Gasteiger partial charge >= 0.3 is 0 Å². The Morgan fingerprint density at radius 3 is 3.11 bits per heavy atom. The van der Waals surface area contributed by atoms with Crippen LogP contribution in [0, 0.1) is 11.8 Å². The van der Waals surface area contributed by atoms with E-state index in [9.17, 15) is 4.79 Å². The SMILES string of the molecule is CC(C)=CCCN1C[C@@H]2[C@H](CNC(=O)CCc3cnccn3)[C@H]3CC[C@]2(C1)O3. The van der Waals surface area contributed by atoms with Crippen LogP contribution in [0.3, 0.4) is 0 Å². The lowest BCUT2D eigenvalue weighted by atomic mass is 9.73. The Morgan fingerprint density at radius 2 is 2.32 bits per heavy atom. The van der Waals surface area contributed by atoms with Crippen molar-refractivity contribution in [1.29, 1.82) is 0 Å². The second kappa shape index (κ2) is 8.29. The van der Waals surface area contributed by atoms with Crippen molar-refractivity contribution < 1.29 is 9.53 Å². The van der Waals surface area contributed by atoms with E-state index in [-0.39, 0.29) is 11.5 Å². The predicted octanol–water partition coefficient (Wildman–Crippen LogP) is 2.36. The lowest BCUT2D eigenvalue weighted by Crippen LogP contribution is -2.41. The molecule has 1 spiro atoms. The van der Waals surface area contributed by atoms with Crippen LogP contribution >= 0.6 is 0 Å². The molecule has 3 fully saturated rings. The monoisotopic (exact) mass is 384 g/mol. The van der Waals surface area contributed by atoms with Crippen LogP contribution in [0.5, 0.6) is 0 Å². The van der Waals surface area contributed by atoms with Gasteiger partial charge < -0.3 is 10.1 Å². The first-order valence-electron chi connectivity index (χ1n) is 10.6. The van der Waals surface area contributed by atoms with Crippen LogP contribution in [0.4, 0.5) is 0 Å². The van der Waals surface area contributed by atoms with Gasteiger partial charge in [0.25, 0.3) is 0 Å². The quantitative estimate of drug-likeness (QED) is 0.697. The number of likely N-dealkylation sites (tertiary alicyclic amines) is 1. The van der Waals surface area contributed by atoms with E-state index >= 15 is 0 Å². The van der Waals surface area contributed by atoms with E-state index in [1.54, 1.807) is 18.6 Å². The van der Waals surface area contributed by atoms with Crippen molar-refractivity contribution in [3.63, 3.8) is 0 Å². The minimum absolute atomic E-state index is 0.0463. The Balaban J connectivity index is 1.27. The highest BCUT2D eigenvalue weighted by Gasteiger charge is 2.62. The first-order chi connectivity index (χ1) is 13.6. The fraction of sp³-hybridized carbons (Fsp3) is 0.682. The van der Waals surface area contributed by atoms with Gasteiger partial charge in [0.15, 0.2) is 0 Å². The molecule has 3 saturated heterocycles. The Morgan fingerprint density at radius 1 is 1.43 bits per heavy atom. The molecule has 0 aliphatic carbocycles. The third kappa shape index (κ3) is 4.13. The highest BCUT2D eigenvalue weighted by molar-refractivity contribution is 5.76. The molecule has 1 aromatic heterocycles. The van der Waals surface area contributed by atoms with Crippen molar-refractivity contribution in [1.82, 2.24) is 20.2 Å². The average molecular weight is 385 g/mol. The molecule has 2 bridgehead atoms. The third-order valence-electron chi connectivity index (χ3n) is 6.61. The molecule has 0 aromatic carbocycles. The maximum Gasteiger partial charge on any atom is 0.220 e. The van der Waals surface area contributed by atoms with Crippen molar-refractivity contribution >= 4 is 5.91 Å². The van der Waals surface area contributed by atoms with Crippen LogP contribution in [0.1, 0.15) is 45.2 Å². The van der Waals surface area contributed by atoms with E-state index in [1.807, 2.05) is 0 Å². The molecule has 4 rings (SSSR count). The summed E-state index contributed by atoms with van der Waals surface area (Å²) in [4.78, 5) is 23.2. The number of fused-ring (bicyclic) bond motifs is 1. The van der Waals surface area contributed by atoms with Crippen LogP contribution < -0.4 is 5.32 Å². The summed E-state index contributed by atoms with van der Waals surface area (Å²) in [6, 6.07) is 0. The Labute approximate surface area is 167 Å². The van der Waals surface area contributed by atoms with Crippen LogP contribution in [-0.2, 0) is 16.0 Å². The third-order valence-corrected chi connectivity index (χ3v) is 6.61. The van der Waals surface area contributed by atoms with Crippen molar-refractivity contribution in [2.45, 2.75) is 57.7 Å². The summed E-state index contributed by atoms with van der Waals surface area (Å²) in [5, 5.41) is 3.17. The van der Waals surface area contributed by atoms with Crippen LogP contribution in [0.15, 0.2) is 30.2 Å². The number of aromatic nitrogens is 2. The zero-order valence-electron chi connectivity index (χ0n) is 17.1. The minimum atomic E-state index is 0.0463. The van der Waals surface area contributed by atoms with Gasteiger partial charge in [0.1, 0.15) is 0 Å². The molecule has 4 heterocycles. The molecule has 3 aliphatic rings. The molecule has 152 valence electrons. The predicted molar refractivity (Wildman–Crippen MR) is 108 cm³/mol. The summed E-state index contributed by atoms with van der Waals surface area (Å²) in [6.45, 7) is 8.32. The number of carbonyl (C=O) groups is 1. The molecular weight excluding hydrogens is 352 g/mol. The summed E-state index contributed by atoms with van der Waals surface area (Å²) < 4.78 is 6.49. The molecule has 0 radical (unpaired) electrons. The number of aryl methyl sites for hydroxylation is 1. The van der Waals surface area contributed by atoms with Gasteiger partial charge in [0.05, 0.1) is 17.4 Å². The van der Waals surface area contributed by atoms with Crippen LogP contribution in [-0.4, -0.2) is 58.7 Å². The number of allylic oxidation sites excluding steroid dienone is 1. The number of ether oxygens (including phenoxy) is 1. The van der Waals surface area contributed by atoms with Crippen molar-refractivity contribution in [2.24, 2.45) is 11.8 Å². The van der Waals surface area contributed by atoms with Gasteiger partial charge in [0.2, 0.25) is 5.91 Å². The smallest absolute Gasteiger partial charge is 0.220 e. The summed E-state index contributed by atoms with van der Waals surface area (Å²) in [5.74, 6) is 1.10. The van der Waals surface area contributed by atoms with Gasteiger partial charge in [-0.25, -0.2) is 0 Å². The second-order valence-corrected chi connectivity index (χ2v) is 8.84. The number of carbonyl (C=O) groups excluding carboxylic acids is 1. The van der Waals surface area contributed by atoms with Crippen molar-refractivity contribution in [2.75, 3.05) is 26.2 Å². The maximum atomic E-state index is 12.3. The molecule has 0 saturated carbocycles. The van der Waals surface area contributed by atoms with Crippen molar-refractivity contribution in [3.05, 3.63) is 35.9 Å². The van der Waals surface area contributed by atoms with E-state index in [4.69, 9.17) is 4.74 Å². The molecule has 1 aromatic rings. The number of hydrogen-bond acceptors (Lipinski definition) is 5. The van der Waals surface area contributed by atoms with Gasteiger partial charge in [-0.05, 0) is 39.5 Å². The number of rotatable bonds is 8. The first kappa shape index (κ1) is 19.5. The van der Waals surface area contributed by atoms with E-state index in [1.165, 1.54) is 12.0 Å². The van der Waals surface area contributed by atoms with E-state index < -0.39 is 0 Å². The first-order valence-corrected chi connectivity index (χ1v) is 10.6.